The highest BCUT2D eigenvalue weighted by atomic mass is 16.5. The van der Waals surface area contributed by atoms with Crippen LogP contribution in [0.2, 0.25) is 0 Å². The Hall–Kier alpha value is -1.89. The fourth-order valence-electron chi connectivity index (χ4n) is 2.27. The number of aromatic nitrogens is 2. The Morgan fingerprint density at radius 2 is 2.30 bits per heavy atom. The number of carbonyl (C=O) groups is 2. The van der Waals surface area contributed by atoms with Gasteiger partial charge in [-0.3, -0.25) is 14.3 Å². The van der Waals surface area contributed by atoms with Gasteiger partial charge in [0.15, 0.2) is 5.60 Å². The number of hydrogen-bond donors (Lipinski definition) is 1. The summed E-state index contributed by atoms with van der Waals surface area (Å²) in [5, 5.41) is 6.67. The molecule has 1 aliphatic rings. The van der Waals surface area contributed by atoms with Gasteiger partial charge in [0.2, 0.25) is 0 Å². The summed E-state index contributed by atoms with van der Waals surface area (Å²) in [4.78, 5) is 25.9. The Kier molecular flexibility index (Phi) is 4.08. The van der Waals surface area contributed by atoms with Gasteiger partial charge in [-0.1, -0.05) is 0 Å². The van der Waals surface area contributed by atoms with E-state index in [9.17, 15) is 9.59 Å². The molecule has 0 bridgehead atoms. The largest absolute Gasteiger partial charge is 0.362 e. The van der Waals surface area contributed by atoms with Crippen LogP contribution in [0.5, 0.6) is 0 Å². The second kappa shape index (κ2) is 5.62. The second-order valence-corrected chi connectivity index (χ2v) is 4.97. The lowest BCUT2D eigenvalue weighted by Crippen LogP contribution is -2.58. The average Bonchev–Trinajstić information content (AvgIpc) is 2.94. The van der Waals surface area contributed by atoms with Gasteiger partial charge in [-0.25, -0.2) is 0 Å². The summed E-state index contributed by atoms with van der Waals surface area (Å²) in [7, 11) is 1.56. The van der Waals surface area contributed by atoms with E-state index < -0.39 is 5.60 Å². The van der Waals surface area contributed by atoms with Crippen molar-refractivity contribution in [1.82, 2.24) is 20.0 Å². The first kappa shape index (κ1) is 14.5. The molecule has 0 spiro atoms. The molecule has 2 rings (SSSR count). The van der Waals surface area contributed by atoms with Crippen LogP contribution < -0.4 is 5.32 Å². The number of morpholine rings is 1. The molecule has 0 radical (unpaired) electrons. The zero-order valence-corrected chi connectivity index (χ0v) is 12.0. The number of rotatable bonds is 3. The predicted molar refractivity (Wildman–Crippen MR) is 72.2 cm³/mol. The maximum Gasteiger partial charge on any atom is 0.257 e. The van der Waals surface area contributed by atoms with Crippen LogP contribution in [0.4, 0.5) is 0 Å². The summed E-state index contributed by atoms with van der Waals surface area (Å²) < 4.78 is 7.23. The van der Waals surface area contributed by atoms with Crippen LogP contribution >= 0.6 is 0 Å². The van der Waals surface area contributed by atoms with Crippen LogP contribution in [0.1, 0.15) is 24.2 Å². The summed E-state index contributed by atoms with van der Waals surface area (Å²) in [6.07, 6.45) is 3.27. The molecule has 2 amide bonds. The molecule has 1 saturated heterocycles. The Morgan fingerprint density at radius 1 is 1.55 bits per heavy atom. The van der Waals surface area contributed by atoms with Crippen molar-refractivity contribution in [2.75, 3.05) is 26.7 Å². The van der Waals surface area contributed by atoms with Crippen molar-refractivity contribution in [2.45, 2.75) is 26.0 Å². The number of likely N-dealkylation sites (N-methyl/N-ethyl adjacent to an activating group) is 1. The standard InChI is InChI=1S/C13H20N4O3/c1-4-17-8-10(7-15-17)11(18)16-5-6-20-13(2,9-16)12(19)14-3/h7-8H,4-6,9H2,1-3H3,(H,14,19). The number of carbonyl (C=O) groups excluding carboxylic acids is 2. The Balaban J connectivity index is 2.12. The molecule has 1 atom stereocenters. The Labute approximate surface area is 117 Å². The smallest absolute Gasteiger partial charge is 0.257 e. The number of ether oxygens (including phenoxy) is 1. The molecule has 1 fully saturated rings. The molecule has 0 aliphatic carbocycles. The molecule has 7 nitrogen and oxygen atoms in total. The van der Waals surface area contributed by atoms with Crippen LogP contribution in [0, 0.1) is 0 Å². The quantitative estimate of drug-likeness (QED) is 0.837. The van der Waals surface area contributed by atoms with Crippen molar-refractivity contribution in [2.24, 2.45) is 0 Å². The highest BCUT2D eigenvalue weighted by molar-refractivity contribution is 5.94. The second-order valence-electron chi connectivity index (χ2n) is 4.97. The molecule has 1 N–H and O–H groups in total. The number of nitrogens with one attached hydrogen (secondary N) is 1. The van der Waals surface area contributed by atoms with Crippen LogP contribution in [-0.4, -0.2) is 58.8 Å². The van der Waals surface area contributed by atoms with Crippen molar-refractivity contribution in [3.05, 3.63) is 18.0 Å². The molecule has 20 heavy (non-hydrogen) atoms. The van der Waals surface area contributed by atoms with Crippen LogP contribution in [-0.2, 0) is 16.1 Å². The number of nitrogens with zero attached hydrogens (tertiary/aromatic N) is 3. The van der Waals surface area contributed by atoms with Crippen LogP contribution in [0.3, 0.4) is 0 Å². The van der Waals surface area contributed by atoms with Crippen molar-refractivity contribution in [3.8, 4) is 0 Å². The highest BCUT2D eigenvalue weighted by Gasteiger charge is 2.40. The van der Waals surface area contributed by atoms with E-state index in [-0.39, 0.29) is 18.4 Å². The van der Waals surface area contributed by atoms with Crippen molar-refractivity contribution in [3.63, 3.8) is 0 Å². The maximum absolute atomic E-state index is 12.4. The molecule has 7 heteroatoms. The summed E-state index contributed by atoms with van der Waals surface area (Å²) in [6, 6.07) is 0. The first-order valence-electron chi connectivity index (χ1n) is 6.68. The SMILES string of the molecule is CCn1cc(C(=O)N2CCOC(C)(C(=O)NC)C2)cn1. The lowest BCUT2D eigenvalue weighted by molar-refractivity contribution is -0.153. The normalized spacial score (nSPS) is 22.6. The summed E-state index contributed by atoms with van der Waals surface area (Å²) in [5.41, 5.74) is -0.461. The fraction of sp³-hybridized carbons (Fsp3) is 0.615. The third kappa shape index (κ3) is 2.67. The number of aryl methyl sites for hydroxylation is 1. The Bertz CT molecular complexity index is 513. The minimum Gasteiger partial charge on any atom is -0.362 e. The van der Waals surface area contributed by atoms with E-state index in [2.05, 4.69) is 10.4 Å². The summed E-state index contributed by atoms with van der Waals surface area (Å²) in [6.45, 7) is 5.43. The van der Waals surface area contributed by atoms with Gasteiger partial charge in [0.25, 0.3) is 11.8 Å². The van der Waals surface area contributed by atoms with Gasteiger partial charge < -0.3 is 15.0 Å². The van der Waals surface area contributed by atoms with E-state index in [0.717, 1.165) is 0 Å². The topological polar surface area (TPSA) is 76.5 Å². The van der Waals surface area contributed by atoms with Gasteiger partial charge >= 0.3 is 0 Å². The van der Waals surface area contributed by atoms with Gasteiger partial charge in [-0.2, -0.15) is 5.10 Å². The van der Waals surface area contributed by atoms with Crippen LogP contribution in [0.25, 0.3) is 0 Å². The highest BCUT2D eigenvalue weighted by Crippen LogP contribution is 2.19. The minimum atomic E-state index is -0.997. The van der Waals surface area contributed by atoms with Gasteiger partial charge in [0.05, 0.1) is 24.9 Å². The predicted octanol–water partition coefficient (Wildman–Crippen LogP) is -0.120. The monoisotopic (exact) mass is 280 g/mol. The molecular formula is C13H20N4O3. The van der Waals surface area contributed by atoms with Gasteiger partial charge in [0.1, 0.15) is 0 Å². The number of amides is 2. The van der Waals surface area contributed by atoms with E-state index >= 15 is 0 Å². The van der Waals surface area contributed by atoms with E-state index in [4.69, 9.17) is 4.74 Å². The molecule has 1 aromatic heterocycles. The van der Waals surface area contributed by atoms with E-state index in [1.54, 1.807) is 35.9 Å². The van der Waals surface area contributed by atoms with Gasteiger partial charge in [-0.05, 0) is 13.8 Å². The summed E-state index contributed by atoms with van der Waals surface area (Å²) in [5.74, 6) is -0.345. The van der Waals surface area contributed by atoms with E-state index in [1.165, 1.54) is 0 Å². The van der Waals surface area contributed by atoms with Crippen molar-refractivity contribution >= 4 is 11.8 Å². The molecule has 0 aromatic carbocycles. The third-order valence-electron chi connectivity index (χ3n) is 3.47. The molecule has 0 saturated carbocycles. The Morgan fingerprint density at radius 3 is 2.90 bits per heavy atom. The van der Waals surface area contributed by atoms with Gasteiger partial charge in [0, 0.05) is 26.3 Å². The number of hydrogen-bond acceptors (Lipinski definition) is 4. The molecule has 1 aliphatic heterocycles. The first-order chi connectivity index (χ1) is 9.50. The maximum atomic E-state index is 12.4. The molecule has 110 valence electrons. The zero-order valence-electron chi connectivity index (χ0n) is 12.0. The zero-order chi connectivity index (χ0) is 14.8. The average molecular weight is 280 g/mol. The van der Waals surface area contributed by atoms with E-state index in [1.807, 2.05) is 6.92 Å². The van der Waals surface area contributed by atoms with Crippen molar-refractivity contribution in [1.29, 1.82) is 0 Å². The van der Waals surface area contributed by atoms with E-state index in [0.29, 0.717) is 25.3 Å². The third-order valence-corrected chi connectivity index (χ3v) is 3.47. The summed E-state index contributed by atoms with van der Waals surface area (Å²) >= 11 is 0. The first-order valence-corrected chi connectivity index (χ1v) is 6.68. The fourth-order valence-corrected chi connectivity index (χ4v) is 2.27. The minimum absolute atomic E-state index is 0.122. The molecule has 1 unspecified atom stereocenters. The lowest BCUT2D eigenvalue weighted by Gasteiger charge is -2.38. The van der Waals surface area contributed by atoms with Crippen LogP contribution in [0.15, 0.2) is 12.4 Å². The molecule has 1 aromatic rings. The van der Waals surface area contributed by atoms with Gasteiger partial charge in [-0.15, -0.1) is 0 Å². The lowest BCUT2D eigenvalue weighted by atomic mass is 10.0. The molecular weight excluding hydrogens is 260 g/mol. The molecule has 2 heterocycles. The van der Waals surface area contributed by atoms with Crippen molar-refractivity contribution < 1.29 is 14.3 Å².